The van der Waals surface area contributed by atoms with Crippen molar-refractivity contribution in [2.45, 2.75) is 122 Å². The summed E-state index contributed by atoms with van der Waals surface area (Å²) in [4.78, 5) is 0. The number of rotatable bonds is 18. The van der Waals surface area contributed by atoms with Gasteiger partial charge in [0.05, 0.1) is 3.39 Å². The zero-order valence-electron chi connectivity index (χ0n) is 15.6. The molecule has 0 radical (unpaired) electrons. The Balaban J connectivity index is 2.99. The first kappa shape index (κ1) is 23.7. The Labute approximate surface area is 163 Å². The molecule has 0 heterocycles. The Bertz CT molecular complexity index is 244. The minimum absolute atomic E-state index is 1.10. The summed E-state index contributed by atoms with van der Waals surface area (Å²) in [5.74, 6) is 0. The average molecular weight is 452 g/mol. The second kappa shape index (κ2) is 20.7. The van der Waals surface area contributed by atoms with Gasteiger partial charge >= 0.3 is 0 Å². The van der Waals surface area contributed by atoms with Crippen LogP contribution >= 0.6 is 31.9 Å². The molecule has 0 nitrogen and oxygen atoms in total. The van der Waals surface area contributed by atoms with Crippen LogP contribution in [0.5, 0.6) is 0 Å². The summed E-state index contributed by atoms with van der Waals surface area (Å²) in [6.07, 6.45) is 28.0. The largest absolute Gasteiger partial charge is 0.0654 e. The molecule has 0 aromatic rings. The first-order valence-electron chi connectivity index (χ1n) is 10.3. The molecule has 0 aliphatic rings. The topological polar surface area (TPSA) is 0 Å². The Morgan fingerprint density at radius 3 is 1.13 bits per heavy atom. The Hall–Kier alpha value is 0.700. The van der Waals surface area contributed by atoms with Crippen LogP contribution in [0.3, 0.4) is 0 Å². The number of hydrogen-bond donors (Lipinski definition) is 0. The van der Waals surface area contributed by atoms with Crippen LogP contribution in [0.15, 0.2) is 9.47 Å². The van der Waals surface area contributed by atoms with Crippen molar-refractivity contribution in [3.63, 3.8) is 0 Å². The summed E-state index contributed by atoms with van der Waals surface area (Å²) in [7, 11) is 0. The van der Waals surface area contributed by atoms with E-state index in [4.69, 9.17) is 0 Å². The van der Waals surface area contributed by atoms with Gasteiger partial charge in [-0.2, -0.15) is 0 Å². The van der Waals surface area contributed by atoms with E-state index in [-0.39, 0.29) is 0 Å². The van der Waals surface area contributed by atoms with E-state index in [2.05, 4.69) is 44.9 Å². The van der Waals surface area contributed by atoms with Gasteiger partial charge < -0.3 is 0 Å². The van der Waals surface area contributed by atoms with Crippen molar-refractivity contribution >= 4 is 31.9 Å². The molecule has 2 heteroatoms. The maximum atomic E-state index is 3.40. The van der Waals surface area contributed by atoms with E-state index in [1.807, 2.05) is 0 Å². The van der Waals surface area contributed by atoms with Crippen LogP contribution in [0.1, 0.15) is 122 Å². The molecule has 0 atom stereocenters. The summed E-state index contributed by atoms with van der Waals surface area (Å²) >= 11 is 6.80. The van der Waals surface area contributed by atoms with Crippen molar-refractivity contribution in [3.8, 4) is 0 Å². The predicted molar refractivity (Wildman–Crippen MR) is 115 cm³/mol. The summed E-state index contributed by atoms with van der Waals surface area (Å²) in [5, 5.41) is 0. The third-order valence-electron chi connectivity index (χ3n) is 4.61. The summed E-state index contributed by atoms with van der Waals surface area (Å²) in [5.41, 5.74) is 0. The highest BCUT2D eigenvalue weighted by molar-refractivity contribution is 9.28. The SMILES string of the molecule is CCCCCCCCCCCCCCCCCCCC=C(Br)Br. The average Bonchev–Trinajstić information content (AvgIpc) is 2.53. The van der Waals surface area contributed by atoms with Crippen molar-refractivity contribution in [2.24, 2.45) is 0 Å². The number of unbranched alkanes of at least 4 members (excludes halogenated alkanes) is 17. The molecule has 0 N–H and O–H groups in total. The van der Waals surface area contributed by atoms with E-state index >= 15 is 0 Å². The van der Waals surface area contributed by atoms with Crippen molar-refractivity contribution in [1.82, 2.24) is 0 Å². The Morgan fingerprint density at radius 1 is 0.522 bits per heavy atom. The highest BCUT2D eigenvalue weighted by atomic mass is 79.9. The van der Waals surface area contributed by atoms with E-state index in [1.54, 1.807) is 0 Å². The standard InChI is InChI=1S/C21H40Br2/c1-2-3-4-5-6-7-8-9-10-11-12-13-14-15-16-17-18-19-20-21(22)23/h20H,2-19H2,1H3. The molecular weight excluding hydrogens is 412 g/mol. The fraction of sp³-hybridized carbons (Fsp3) is 0.905. The lowest BCUT2D eigenvalue weighted by atomic mass is 10.0. The molecule has 0 aliphatic carbocycles. The zero-order chi connectivity index (χ0) is 17.0. The van der Waals surface area contributed by atoms with E-state index < -0.39 is 0 Å². The molecule has 138 valence electrons. The molecule has 0 rings (SSSR count). The van der Waals surface area contributed by atoms with E-state index in [0.717, 1.165) is 3.39 Å². The van der Waals surface area contributed by atoms with Crippen LogP contribution in [-0.2, 0) is 0 Å². The molecule has 0 aliphatic heterocycles. The van der Waals surface area contributed by atoms with Crippen LogP contribution in [0.2, 0.25) is 0 Å². The van der Waals surface area contributed by atoms with Gasteiger partial charge in [0.1, 0.15) is 0 Å². The van der Waals surface area contributed by atoms with Crippen molar-refractivity contribution in [2.75, 3.05) is 0 Å². The van der Waals surface area contributed by atoms with E-state index in [9.17, 15) is 0 Å². The Morgan fingerprint density at radius 2 is 0.826 bits per heavy atom. The maximum absolute atomic E-state index is 3.40. The van der Waals surface area contributed by atoms with Crippen LogP contribution in [-0.4, -0.2) is 0 Å². The highest BCUT2D eigenvalue weighted by Crippen LogP contribution is 2.16. The lowest BCUT2D eigenvalue weighted by Gasteiger charge is -2.03. The summed E-state index contributed by atoms with van der Waals surface area (Å²) < 4.78 is 1.10. The fourth-order valence-electron chi connectivity index (χ4n) is 3.08. The lowest BCUT2D eigenvalue weighted by molar-refractivity contribution is 0.527. The number of allylic oxidation sites excluding steroid dienone is 1. The van der Waals surface area contributed by atoms with Gasteiger partial charge in [-0.25, -0.2) is 0 Å². The fourth-order valence-corrected chi connectivity index (χ4v) is 3.54. The Kier molecular flexibility index (Phi) is 21.4. The maximum Gasteiger partial charge on any atom is 0.0564 e. The van der Waals surface area contributed by atoms with Crippen molar-refractivity contribution < 1.29 is 0 Å². The van der Waals surface area contributed by atoms with Gasteiger partial charge in [0.25, 0.3) is 0 Å². The quantitative estimate of drug-likeness (QED) is 0.182. The molecule has 0 spiro atoms. The molecule has 0 aromatic heterocycles. The normalized spacial score (nSPS) is 10.9. The van der Waals surface area contributed by atoms with Crippen molar-refractivity contribution in [3.05, 3.63) is 9.47 Å². The van der Waals surface area contributed by atoms with Crippen LogP contribution in [0.25, 0.3) is 0 Å². The molecule has 0 saturated heterocycles. The second-order valence-corrected chi connectivity index (χ2v) is 9.71. The monoisotopic (exact) mass is 450 g/mol. The molecule has 0 saturated carbocycles. The molecule has 23 heavy (non-hydrogen) atoms. The van der Waals surface area contributed by atoms with E-state index in [0.29, 0.717) is 0 Å². The van der Waals surface area contributed by atoms with Crippen molar-refractivity contribution in [1.29, 1.82) is 0 Å². The lowest BCUT2D eigenvalue weighted by Crippen LogP contribution is -1.83. The zero-order valence-corrected chi connectivity index (χ0v) is 18.7. The highest BCUT2D eigenvalue weighted by Gasteiger charge is 1.94. The number of hydrogen-bond acceptors (Lipinski definition) is 0. The third-order valence-corrected chi connectivity index (χ3v) is 5.25. The molecular formula is C21H40Br2. The molecule has 0 fully saturated rings. The molecule has 0 aromatic carbocycles. The third kappa shape index (κ3) is 22.7. The molecule has 0 unspecified atom stereocenters. The minimum Gasteiger partial charge on any atom is -0.0654 e. The minimum atomic E-state index is 1.10. The molecule has 0 bridgehead atoms. The number of halogens is 2. The summed E-state index contributed by atoms with van der Waals surface area (Å²) in [6.45, 7) is 2.29. The van der Waals surface area contributed by atoms with Gasteiger partial charge in [-0.15, -0.1) is 0 Å². The van der Waals surface area contributed by atoms with Gasteiger partial charge in [-0.1, -0.05) is 116 Å². The first-order valence-corrected chi connectivity index (χ1v) is 11.9. The van der Waals surface area contributed by atoms with Crippen LogP contribution < -0.4 is 0 Å². The molecule has 0 amide bonds. The van der Waals surface area contributed by atoms with Gasteiger partial charge in [-0.05, 0) is 44.7 Å². The predicted octanol–water partition coefficient (Wildman–Crippen LogP) is 9.66. The van der Waals surface area contributed by atoms with Crippen LogP contribution in [0, 0.1) is 0 Å². The first-order chi connectivity index (χ1) is 11.3. The van der Waals surface area contributed by atoms with E-state index in [1.165, 1.54) is 116 Å². The second-order valence-electron chi connectivity index (χ2n) is 6.94. The summed E-state index contributed by atoms with van der Waals surface area (Å²) in [6, 6.07) is 0. The smallest absolute Gasteiger partial charge is 0.0564 e. The van der Waals surface area contributed by atoms with Gasteiger partial charge in [0.15, 0.2) is 0 Å². The van der Waals surface area contributed by atoms with Gasteiger partial charge in [-0.3, -0.25) is 0 Å². The van der Waals surface area contributed by atoms with Crippen LogP contribution in [0.4, 0.5) is 0 Å². The van der Waals surface area contributed by atoms with Gasteiger partial charge in [0.2, 0.25) is 0 Å². The van der Waals surface area contributed by atoms with Gasteiger partial charge in [0, 0.05) is 0 Å².